The minimum absolute atomic E-state index is 0. The normalized spacial score (nSPS) is 5.25. The molecule has 0 fully saturated rings. The van der Waals surface area contributed by atoms with Crippen LogP contribution in [0.4, 0.5) is 0 Å². The van der Waals surface area contributed by atoms with Crippen molar-refractivity contribution in [3.05, 3.63) is 12.8 Å². The molecule has 0 aliphatic rings. The molecule has 0 aromatic heterocycles. The van der Waals surface area contributed by atoms with E-state index in [1.807, 2.05) is 0 Å². The Morgan fingerprint density at radius 3 is 1.38 bits per heavy atom. The first-order valence-corrected chi connectivity index (χ1v) is 1.80. The Hall–Kier alpha value is 0.174. The van der Waals surface area contributed by atoms with Crippen molar-refractivity contribution in [1.82, 2.24) is 0 Å². The van der Waals surface area contributed by atoms with Crippen LogP contribution in [0.15, 0.2) is 12.8 Å². The number of aliphatic hydroxyl groups excluding tert-OH is 3. The summed E-state index contributed by atoms with van der Waals surface area (Å²) in [6.45, 7) is 2.67. The first kappa shape index (κ1) is 15.7. The number of hydrogen-bond acceptors (Lipinski definition) is 3. The van der Waals surface area contributed by atoms with Crippen molar-refractivity contribution >= 4 is 0 Å². The van der Waals surface area contributed by atoms with Crippen LogP contribution in [-0.2, 0) is 21.7 Å². The van der Waals surface area contributed by atoms with Crippen LogP contribution in [0.2, 0.25) is 0 Å². The molecule has 0 aliphatic heterocycles. The Labute approximate surface area is 63.5 Å². The van der Waals surface area contributed by atoms with Gasteiger partial charge in [0.2, 0.25) is 0 Å². The SMILES string of the molecule is C=CO.OCCO.[Ti]. The van der Waals surface area contributed by atoms with Crippen LogP contribution >= 0.6 is 0 Å². The van der Waals surface area contributed by atoms with Gasteiger partial charge in [0.25, 0.3) is 0 Å². The van der Waals surface area contributed by atoms with Gasteiger partial charge >= 0.3 is 0 Å². The molecule has 0 atom stereocenters. The third-order valence-corrected chi connectivity index (χ3v) is 0.1000. The van der Waals surface area contributed by atoms with Gasteiger partial charge in [0.15, 0.2) is 0 Å². The summed E-state index contributed by atoms with van der Waals surface area (Å²) < 4.78 is 0. The van der Waals surface area contributed by atoms with E-state index in [9.17, 15) is 0 Å². The molecule has 0 aromatic rings. The summed E-state index contributed by atoms with van der Waals surface area (Å²) in [6.07, 6.45) is 0.750. The topological polar surface area (TPSA) is 60.7 Å². The molecule has 0 aliphatic carbocycles. The molecule has 0 heterocycles. The smallest absolute Gasteiger partial charge is 0.0719 e. The van der Waals surface area contributed by atoms with Gasteiger partial charge in [-0.2, -0.15) is 0 Å². The van der Waals surface area contributed by atoms with Gasteiger partial charge in [0, 0.05) is 21.7 Å². The molecule has 0 amide bonds. The average Bonchev–Trinajstić information content (AvgIpc) is 1.69. The van der Waals surface area contributed by atoms with Crippen LogP contribution in [0.1, 0.15) is 0 Å². The Morgan fingerprint density at radius 2 is 1.38 bits per heavy atom. The molecule has 3 nitrogen and oxygen atoms in total. The number of aliphatic hydroxyl groups is 3. The fraction of sp³-hybridized carbons (Fsp3) is 0.500. The standard InChI is InChI=1S/C2H6O2.C2H4O.Ti/c3-1-2-4;1-2-3;/h3-4H,1-2H2;2-3H,1H2;. The molecule has 0 aromatic carbocycles. The summed E-state index contributed by atoms with van der Waals surface area (Å²) in [4.78, 5) is 0. The first-order valence-electron chi connectivity index (χ1n) is 1.80. The van der Waals surface area contributed by atoms with Crippen LogP contribution in [0.5, 0.6) is 0 Å². The van der Waals surface area contributed by atoms with Crippen LogP contribution in [-0.4, -0.2) is 28.5 Å². The van der Waals surface area contributed by atoms with Crippen LogP contribution in [0, 0.1) is 0 Å². The predicted octanol–water partition coefficient (Wildman–Crippen LogP) is -0.344. The molecule has 48 valence electrons. The second kappa shape index (κ2) is 27.1. The third kappa shape index (κ3) is 120. The maximum atomic E-state index is 7.62. The van der Waals surface area contributed by atoms with E-state index >= 15 is 0 Å². The molecular formula is C4H10O3Ti. The molecule has 0 radical (unpaired) electrons. The van der Waals surface area contributed by atoms with Gasteiger partial charge in [0.05, 0.1) is 19.5 Å². The summed E-state index contributed by atoms with van der Waals surface area (Å²) in [7, 11) is 0. The van der Waals surface area contributed by atoms with Gasteiger partial charge < -0.3 is 15.3 Å². The molecule has 0 spiro atoms. The maximum Gasteiger partial charge on any atom is 0.0719 e. The van der Waals surface area contributed by atoms with E-state index in [-0.39, 0.29) is 34.9 Å². The van der Waals surface area contributed by atoms with E-state index in [1.165, 1.54) is 0 Å². The Bertz CT molecular complexity index is 30.5. The molecule has 0 saturated heterocycles. The molecule has 0 unspecified atom stereocenters. The van der Waals surface area contributed by atoms with Crippen molar-refractivity contribution in [2.75, 3.05) is 13.2 Å². The maximum absolute atomic E-state index is 7.62. The van der Waals surface area contributed by atoms with E-state index in [2.05, 4.69) is 6.58 Å². The van der Waals surface area contributed by atoms with Crippen molar-refractivity contribution in [3.63, 3.8) is 0 Å². The zero-order valence-corrected chi connectivity index (χ0v) is 6.10. The van der Waals surface area contributed by atoms with Crippen LogP contribution in [0.3, 0.4) is 0 Å². The second-order valence-corrected chi connectivity index (χ2v) is 0.630. The quantitative estimate of drug-likeness (QED) is 0.357. The largest absolute Gasteiger partial charge is 0.516 e. The minimum atomic E-state index is -0.125. The number of hydrogen-bond donors (Lipinski definition) is 3. The zero-order valence-electron chi connectivity index (χ0n) is 4.54. The molecule has 3 N–H and O–H groups in total. The fourth-order valence-corrected chi connectivity index (χ4v) is 0. The van der Waals surface area contributed by atoms with Crippen molar-refractivity contribution < 1.29 is 37.0 Å². The third-order valence-electron chi connectivity index (χ3n) is 0.1000. The summed E-state index contributed by atoms with van der Waals surface area (Å²) in [5.41, 5.74) is 0. The van der Waals surface area contributed by atoms with Gasteiger partial charge in [-0.1, -0.05) is 6.58 Å². The predicted molar refractivity (Wildman–Crippen MR) is 27.0 cm³/mol. The minimum Gasteiger partial charge on any atom is -0.516 e. The fourth-order valence-electron chi connectivity index (χ4n) is 0. The van der Waals surface area contributed by atoms with E-state index in [0.717, 1.165) is 6.26 Å². The molecule has 8 heavy (non-hydrogen) atoms. The van der Waals surface area contributed by atoms with Gasteiger partial charge in [-0.05, 0) is 0 Å². The summed E-state index contributed by atoms with van der Waals surface area (Å²) in [6, 6.07) is 0. The second-order valence-electron chi connectivity index (χ2n) is 0.630. The van der Waals surface area contributed by atoms with Crippen molar-refractivity contribution in [2.24, 2.45) is 0 Å². The van der Waals surface area contributed by atoms with E-state index in [1.54, 1.807) is 0 Å². The van der Waals surface area contributed by atoms with E-state index in [4.69, 9.17) is 15.3 Å². The summed E-state index contributed by atoms with van der Waals surface area (Å²) in [5, 5.41) is 22.6. The van der Waals surface area contributed by atoms with Gasteiger partial charge in [-0.15, -0.1) is 0 Å². The van der Waals surface area contributed by atoms with E-state index < -0.39 is 0 Å². The Kier molecular flexibility index (Phi) is 53.3. The van der Waals surface area contributed by atoms with Crippen molar-refractivity contribution in [2.45, 2.75) is 0 Å². The molecule has 0 rings (SSSR count). The zero-order chi connectivity index (χ0) is 6.12. The van der Waals surface area contributed by atoms with Gasteiger partial charge in [0.1, 0.15) is 0 Å². The molecule has 0 bridgehead atoms. The Balaban J connectivity index is -0.0000000575. The van der Waals surface area contributed by atoms with Crippen molar-refractivity contribution in [1.29, 1.82) is 0 Å². The monoisotopic (exact) mass is 154 g/mol. The molecule has 0 saturated carbocycles. The van der Waals surface area contributed by atoms with Crippen molar-refractivity contribution in [3.8, 4) is 0 Å². The molecular weight excluding hydrogens is 144 g/mol. The summed E-state index contributed by atoms with van der Waals surface area (Å²) in [5.74, 6) is 0. The summed E-state index contributed by atoms with van der Waals surface area (Å²) >= 11 is 0. The van der Waals surface area contributed by atoms with Gasteiger partial charge in [-0.25, -0.2) is 0 Å². The van der Waals surface area contributed by atoms with Crippen LogP contribution < -0.4 is 0 Å². The van der Waals surface area contributed by atoms with Crippen LogP contribution in [0.25, 0.3) is 0 Å². The molecule has 4 heteroatoms. The first-order chi connectivity index (χ1) is 3.33. The number of rotatable bonds is 1. The van der Waals surface area contributed by atoms with Gasteiger partial charge in [-0.3, -0.25) is 0 Å². The Morgan fingerprint density at radius 1 is 1.25 bits per heavy atom. The van der Waals surface area contributed by atoms with E-state index in [0.29, 0.717) is 0 Å². The average molecular weight is 154 g/mol.